The molecule has 0 fully saturated rings. The highest BCUT2D eigenvalue weighted by atomic mass is 15.1. The molecule has 1 aliphatic rings. The third-order valence-electron chi connectivity index (χ3n) is 2.65. The van der Waals surface area contributed by atoms with Crippen molar-refractivity contribution in [2.45, 2.75) is 57.7 Å². The van der Waals surface area contributed by atoms with E-state index in [2.05, 4.69) is 30.0 Å². The first-order valence-corrected chi connectivity index (χ1v) is 5.75. The van der Waals surface area contributed by atoms with Gasteiger partial charge in [0.1, 0.15) is 6.17 Å². The molecule has 0 aromatic carbocycles. The summed E-state index contributed by atoms with van der Waals surface area (Å²) >= 11 is 0. The highest BCUT2D eigenvalue weighted by Crippen LogP contribution is 2.11. The first kappa shape index (κ1) is 11.4. The van der Waals surface area contributed by atoms with Crippen molar-refractivity contribution in [1.82, 2.24) is 5.32 Å². The fourth-order valence-corrected chi connectivity index (χ4v) is 1.83. The van der Waals surface area contributed by atoms with Crippen molar-refractivity contribution < 1.29 is 0 Å². The quantitative estimate of drug-likeness (QED) is 0.510. The van der Waals surface area contributed by atoms with Gasteiger partial charge in [0.2, 0.25) is 0 Å². The van der Waals surface area contributed by atoms with E-state index in [1.54, 1.807) is 0 Å². The van der Waals surface area contributed by atoms with Gasteiger partial charge in [-0.3, -0.25) is 10.3 Å². The van der Waals surface area contributed by atoms with Crippen molar-refractivity contribution >= 4 is 6.21 Å². The van der Waals surface area contributed by atoms with E-state index in [9.17, 15) is 0 Å². The Bertz CT molecular complexity index is 187. The normalized spacial score (nSPS) is 26.4. The maximum absolute atomic E-state index is 4.39. The lowest BCUT2D eigenvalue weighted by atomic mass is 10.0. The summed E-state index contributed by atoms with van der Waals surface area (Å²) in [6, 6.07) is 0.643. The number of hydrogen-bond acceptors (Lipinski definition) is 2. The SMILES string of the molecule is C=CCC1N=CCC(CCCCC)N1. The van der Waals surface area contributed by atoms with Gasteiger partial charge in [0.25, 0.3) is 0 Å². The van der Waals surface area contributed by atoms with Crippen LogP contribution in [0.5, 0.6) is 0 Å². The molecule has 0 radical (unpaired) electrons. The molecule has 2 nitrogen and oxygen atoms in total. The van der Waals surface area contributed by atoms with Crippen molar-refractivity contribution in [3.8, 4) is 0 Å². The van der Waals surface area contributed by atoms with Crippen LogP contribution in [0.1, 0.15) is 45.4 Å². The Kier molecular flexibility index (Phi) is 5.53. The van der Waals surface area contributed by atoms with Crippen LogP contribution < -0.4 is 5.32 Å². The Morgan fingerprint density at radius 1 is 1.57 bits per heavy atom. The average Bonchev–Trinajstić information content (AvgIpc) is 2.19. The summed E-state index contributed by atoms with van der Waals surface area (Å²) in [5.74, 6) is 0. The first-order valence-electron chi connectivity index (χ1n) is 5.75. The van der Waals surface area contributed by atoms with E-state index in [0.29, 0.717) is 6.04 Å². The first-order chi connectivity index (χ1) is 6.86. The number of aliphatic imine (C=N–C) groups is 1. The van der Waals surface area contributed by atoms with Crippen LogP contribution >= 0.6 is 0 Å². The molecule has 2 heteroatoms. The Balaban J connectivity index is 2.21. The van der Waals surface area contributed by atoms with Gasteiger partial charge in [0, 0.05) is 18.7 Å². The zero-order valence-electron chi connectivity index (χ0n) is 9.21. The molecule has 2 atom stereocenters. The van der Waals surface area contributed by atoms with E-state index in [1.165, 1.54) is 25.7 Å². The number of hydrogen-bond donors (Lipinski definition) is 1. The number of rotatable bonds is 6. The molecule has 0 bridgehead atoms. The molecule has 14 heavy (non-hydrogen) atoms. The minimum Gasteiger partial charge on any atom is -0.292 e. The molecule has 1 N–H and O–H groups in total. The van der Waals surface area contributed by atoms with Gasteiger partial charge in [-0.05, 0) is 12.8 Å². The average molecular weight is 194 g/mol. The molecule has 0 aromatic rings. The van der Waals surface area contributed by atoms with Gasteiger partial charge < -0.3 is 0 Å². The molecule has 1 rings (SSSR count). The van der Waals surface area contributed by atoms with Crippen molar-refractivity contribution in [3.63, 3.8) is 0 Å². The maximum atomic E-state index is 4.39. The van der Waals surface area contributed by atoms with E-state index >= 15 is 0 Å². The van der Waals surface area contributed by atoms with E-state index in [0.717, 1.165) is 12.8 Å². The summed E-state index contributed by atoms with van der Waals surface area (Å²) in [4.78, 5) is 4.39. The van der Waals surface area contributed by atoms with E-state index in [1.807, 2.05) is 6.08 Å². The molecule has 0 aromatic heterocycles. The lowest BCUT2D eigenvalue weighted by Crippen LogP contribution is -2.40. The van der Waals surface area contributed by atoms with Crippen LogP contribution in [0.25, 0.3) is 0 Å². The van der Waals surface area contributed by atoms with E-state index in [-0.39, 0.29) is 6.17 Å². The second-order valence-corrected chi connectivity index (χ2v) is 3.97. The second-order valence-electron chi connectivity index (χ2n) is 3.97. The van der Waals surface area contributed by atoms with Gasteiger partial charge in [-0.2, -0.15) is 0 Å². The minimum atomic E-state index is 0.285. The monoisotopic (exact) mass is 194 g/mol. The molecule has 80 valence electrons. The lowest BCUT2D eigenvalue weighted by Gasteiger charge is -2.25. The summed E-state index contributed by atoms with van der Waals surface area (Å²) < 4.78 is 0. The maximum Gasteiger partial charge on any atom is 0.103 e. The standard InChI is InChI=1S/C12H22N2/c1-3-5-6-8-11-9-10-13-12(14-11)7-4-2/h4,10-12,14H,2-3,5-9H2,1H3. The highest BCUT2D eigenvalue weighted by molar-refractivity contribution is 5.59. The molecule has 0 saturated carbocycles. The van der Waals surface area contributed by atoms with Crippen molar-refractivity contribution in [2.24, 2.45) is 4.99 Å². The van der Waals surface area contributed by atoms with Crippen LogP contribution in [0, 0.1) is 0 Å². The van der Waals surface area contributed by atoms with Crippen molar-refractivity contribution in [2.75, 3.05) is 0 Å². The van der Waals surface area contributed by atoms with Crippen LogP contribution in [-0.2, 0) is 0 Å². The van der Waals surface area contributed by atoms with Crippen LogP contribution in [0.4, 0.5) is 0 Å². The predicted octanol–water partition coefficient (Wildman–Crippen LogP) is 2.90. The molecular formula is C12H22N2. The molecule has 1 heterocycles. The molecule has 0 aliphatic carbocycles. The highest BCUT2D eigenvalue weighted by Gasteiger charge is 2.15. The molecular weight excluding hydrogens is 172 g/mol. The van der Waals surface area contributed by atoms with Gasteiger partial charge in [-0.1, -0.05) is 32.3 Å². The summed E-state index contributed by atoms with van der Waals surface area (Å²) in [5.41, 5.74) is 0. The largest absolute Gasteiger partial charge is 0.292 e. The van der Waals surface area contributed by atoms with Gasteiger partial charge in [-0.25, -0.2) is 0 Å². The van der Waals surface area contributed by atoms with Crippen LogP contribution in [-0.4, -0.2) is 18.4 Å². The topological polar surface area (TPSA) is 24.4 Å². The fourth-order valence-electron chi connectivity index (χ4n) is 1.83. The summed E-state index contributed by atoms with van der Waals surface area (Å²) in [6.45, 7) is 5.99. The summed E-state index contributed by atoms with van der Waals surface area (Å²) in [7, 11) is 0. The number of nitrogens with one attached hydrogen (secondary N) is 1. The van der Waals surface area contributed by atoms with Gasteiger partial charge in [0.15, 0.2) is 0 Å². The van der Waals surface area contributed by atoms with Crippen LogP contribution in [0.2, 0.25) is 0 Å². The van der Waals surface area contributed by atoms with E-state index in [4.69, 9.17) is 0 Å². The van der Waals surface area contributed by atoms with Crippen molar-refractivity contribution in [1.29, 1.82) is 0 Å². The molecule has 2 unspecified atom stereocenters. The summed E-state index contributed by atoms with van der Waals surface area (Å²) in [6.07, 6.45) is 11.6. The van der Waals surface area contributed by atoms with E-state index < -0.39 is 0 Å². The Morgan fingerprint density at radius 2 is 2.43 bits per heavy atom. The summed E-state index contributed by atoms with van der Waals surface area (Å²) in [5, 5.41) is 3.54. The van der Waals surface area contributed by atoms with Crippen LogP contribution in [0.3, 0.4) is 0 Å². The minimum absolute atomic E-state index is 0.285. The smallest absolute Gasteiger partial charge is 0.103 e. The zero-order valence-corrected chi connectivity index (χ0v) is 9.21. The Morgan fingerprint density at radius 3 is 3.14 bits per heavy atom. The predicted molar refractivity (Wildman–Crippen MR) is 62.8 cm³/mol. The number of unbranched alkanes of at least 4 members (excludes halogenated alkanes) is 2. The molecule has 0 amide bonds. The molecule has 0 saturated heterocycles. The van der Waals surface area contributed by atoms with Crippen LogP contribution in [0.15, 0.2) is 17.6 Å². The number of nitrogens with zero attached hydrogens (tertiary/aromatic N) is 1. The van der Waals surface area contributed by atoms with Gasteiger partial charge in [-0.15, -0.1) is 6.58 Å². The van der Waals surface area contributed by atoms with Gasteiger partial charge >= 0.3 is 0 Å². The third-order valence-corrected chi connectivity index (χ3v) is 2.65. The Labute approximate surface area is 87.5 Å². The Hall–Kier alpha value is -0.630. The third kappa shape index (κ3) is 4.05. The second kappa shape index (κ2) is 6.77. The van der Waals surface area contributed by atoms with Crippen molar-refractivity contribution in [3.05, 3.63) is 12.7 Å². The fraction of sp³-hybridized carbons (Fsp3) is 0.750. The molecule has 0 spiro atoms. The lowest BCUT2D eigenvalue weighted by molar-refractivity contribution is 0.396. The zero-order chi connectivity index (χ0) is 10.2. The van der Waals surface area contributed by atoms with Gasteiger partial charge in [0.05, 0.1) is 0 Å². The molecule has 1 aliphatic heterocycles.